The molecule has 0 radical (unpaired) electrons. The molecule has 0 unspecified atom stereocenters. The second kappa shape index (κ2) is 9.11. The standard InChI is InChI=1S/C22H26ClN3O2/c1-15-10-12-26(13-11-15)22(28)17-6-8-18(9-7-17)25-21(27)14-24-20-5-3-4-19(23)16(20)2/h3-9,15,24H,10-14H2,1-2H3,(H,25,27). The summed E-state index contributed by atoms with van der Waals surface area (Å²) in [6, 6.07) is 12.6. The predicted octanol–water partition coefficient (Wildman–Crippen LogP) is 4.57. The Labute approximate surface area is 171 Å². The van der Waals surface area contributed by atoms with Gasteiger partial charge in [-0.1, -0.05) is 24.6 Å². The Bertz CT molecular complexity index is 843. The molecule has 6 heteroatoms. The van der Waals surface area contributed by atoms with E-state index in [-0.39, 0.29) is 18.4 Å². The van der Waals surface area contributed by atoms with Gasteiger partial charge in [0, 0.05) is 35.1 Å². The van der Waals surface area contributed by atoms with Crippen molar-refractivity contribution in [1.82, 2.24) is 4.90 Å². The van der Waals surface area contributed by atoms with E-state index in [1.54, 1.807) is 24.3 Å². The number of carbonyl (C=O) groups excluding carboxylic acids is 2. The minimum Gasteiger partial charge on any atom is -0.376 e. The molecule has 2 aromatic rings. The first kappa shape index (κ1) is 20.2. The summed E-state index contributed by atoms with van der Waals surface area (Å²) < 4.78 is 0. The van der Waals surface area contributed by atoms with E-state index in [2.05, 4.69) is 17.6 Å². The molecule has 3 rings (SSSR count). The van der Waals surface area contributed by atoms with Crippen LogP contribution in [0.15, 0.2) is 42.5 Å². The summed E-state index contributed by atoms with van der Waals surface area (Å²) in [5.41, 5.74) is 3.06. The van der Waals surface area contributed by atoms with Gasteiger partial charge in [-0.3, -0.25) is 9.59 Å². The van der Waals surface area contributed by atoms with Crippen molar-refractivity contribution >= 4 is 34.8 Å². The second-order valence-corrected chi connectivity index (χ2v) is 7.77. The van der Waals surface area contributed by atoms with Crippen LogP contribution in [0.1, 0.15) is 35.7 Å². The summed E-state index contributed by atoms with van der Waals surface area (Å²) in [6.45, 7) is 5.89. The number of benzene rings is 2. The highest BCUT2D eigenvalue weighted by Gasteiger charge is 2.21. The van der Waals surface area contributed by atoms with Crippen molar-refractivity contribution in [2.45, 2.75) is 26.7 Å². The molecular weight excluding hydrogens is 374 g/mol. The number of amides is 2. The lowest BCUT2D eigenvalue weighted by Crippen LogP contribution is -2.37. The molecular formula is C22H26ClN3O2. The van der Waals surface area contributed by atoms with Gasteiger partial charge in [-0.2, -0.15) is 0 Å². The van der Waals surface area contributed by atoms with Crippen LogP contribution in [-0.2, 0) is 4.79 Å². The molecule has 2 N–H and O–H groups in total. The van der Waals surface area contributed by atoms with Crippen LogP contribution in [0.2, 0.25) is 5.02 Å². The van der Waals surface area contributed by atoms with E-state index in [9.17, 15) is 9.59 Å². The van der Waals surface area contributed by atoms with Gasteiger partial charge in [0.1, 0.15) is 0 Å². The first-order valence-corrected chi connectivity index (χ1v) is 10.00. The first-order chi connectivity index (χ1) is 13.4. The Morgan fingerprint density at radius 2 is 1.79 bits per heavy atom. The van der Waals surface area contributed by atoms with E-state index in [1.807, 2.05) is 30.0 Å². The van der Waals surface area contributed by atoms with Gasteiger partial charge < -0.3 is 15.5 Å². The van der Waals surface area contributed by atoms with Crippen molar-refractivity contribution in [2.24, 2.45) is 5.92 Å². The van der Waals surface area contributed by atoms with Crippen LogP contribution in [0.4, 0.5) is 11.4 Å². The summed E-state index contributed by atoms with van der Waals surface area (Å²) in [5, 5.41) is 6.59. The van der Waals surface area contributed by atoms with E-state index < -0.39 is 0 Å². The Morgan fingerprint density at radius 3 is 2.46 bits per heavy atom. The SMILES string of the molecule is Cc1c(Cl)cccc1NCC(=O)Nc1ccc(C(=O)N2CCC(C)CC2)cc1. The van der Waals surface area contributed by atoms with Crippen LogP contribution in [0.3, 0.4) is 0 Å². The summed E-state index contributed by atoms with van der Waals surface area (Å²) in [5.74, 6) is 0.581. The van der Waals surface area contributed by atoms with E-state index in [0.717, 1.165) is 37.2 Å². The summed E-state index contributed by atoms with van der Waals surface area (Å²) in [6.07, 6.45) is 2.11. The molecule has 0 aromatic heterocycles. The topological polar surface area (TPSA) is 61.4 Å². The van der Waals surface area contributed by atoms with Crippen molar-refractivity contribution in [2.75, 3.05) is 30.3 Å². The average molecular weight is 400 g/mol. The largest absolute Gasteiger partial charge is 0.376 e. The van der Waals surface area contributed by atoms with Crippen LogP contribution < -0.4 is 10.6 Å². The van der Waals surface area contributed by atoms with E-state index >= 15 is 0 Å². The zero-order valence-electron chi connectivity index (χ0n) is 16.3. The third-order valence-corrected chi connectivity index (χ3v) is 5.60. The molecule has 0 spiro atoms. The zero-order chi connectivity index (χ0) is 20.1. The van der Waals surface area contributed by atoms with Crippen molar-refractivity contribution < 1.29 is 9.59 Å². The molecule has 5 nitrogen and oxygen atoms in total. The van der Waals surface area contributed by atoms with Crippen LogP contribution in [-0.4, -0.2) is 36.3 Å². The number of halogens is 1. The number of nitrogens with one attached hydrogen (secondary N) is 2. The molecule has 1 saturated heterocycles. The lowest BCUT2D eigenvalue weighted by molar-refractivity contribution is -0.114. The molecule has 2 aromatic carbocycles. The molecule has 2 amide bonds. The van der Waals surface area contributed by atoms with Crippen molar-refractivity contribution in [3.63, 3.8) is 0 Å². The molecule has 0 atom stereocenters. The minimum atomic E-state index is -0.163. The molecule has 28 heavy (non-hydrogen) atoms. The van der Waals surface area contributed by atoms with Crippen LogP contribution in [0.25, 0.3) is 0 Å². The van der Waals surface area contributed by atoms with Crippen molar-refractivity contribution in [3.05, 3.63) is 58.6 Å². The number of hydrogen-bond donors (Lipinski definition) is 2. The fourth-order valence-corrected chi connectivity index (χ4v) is 3.44. The molecule has 1 fully saturated rings. The Hall–Kier alpha value is -2.53. The normalized spacial score (nSPS) is 14.6. The predicted molar refractivity (Wildman–Crippen MR) is 114 cm³/mol. The molecule has 1 aliphatic rings. The van der Waals surface area contributed by atoms with Gasteiger partial charge in [0.05, 0.1) is 6.54 Å². The van der Waals surface area contributed by atoms with Gasteiger partial charge in [-0.25, -0.2) is 0 Å². The van der Waals surface area contributed by atoms with Gasteiger partial charge in [0.2, 0.25) is 5.91 Å². The molecule has 148 valence electrons. The molecule has 0 saturated carbocycles. The number of nitrogens with zero attached hydrogens (tertiary/aromatic N) is 1. The Morgan fingerprint density at radius 1 is 1.11 bits per heavy atom. The Balaban J connectivity index is 1.53. The first-order valence-electron chi connectivity index (χ1n) is 9.62. The maximum Gasteiger partial charge on any atom is 0.253 e. The van der Waals surface area contributed by atoms with Crippen molar-refractivity contribution in [3.8, 4) is 0 Å². The monoisotopic (exact) mass is 399 g/mol. The highest BCUT2D eigenvalue weighted by atomic mass is 35.5. The fraction of sp³-hybridized carbons (Fsp3) is 0.364. The maximum atomic E-state index is 12.6. The third-order valence-electron chi connectivity index (χ3n) is 5.19. The van der Waals surface area contributed by atoms with E-state index in [1.165, 1.54) is 0 Å². The number of rotatable bonds is 5. The highest BCUT2D eigenvalue weighted by molar-refractivity contribution is 6.31. The molecule has 0 bridgehead atoms. The molecule has 0 aliphatic carbocycles. The Kier molecular flexibility index (Phi) is 6.57. The summed E-state index contributed by atoms with van der Waals surface area (Å²) in [4.78, 5) is 26.7. The quantitative estimate of drug-likeness (QED) is 0.774. The van der Waals surface area contributed by atoms with Crippen LogP contribution in [0, 0.1) is 12.8 Å². The second-order valence-electron chi connectivity index (χ2n) is 7.37. The number of likely N-dealkylation sites (tertiary alicyclic amines) is 1. The van der Waals surface area contributed by atoms with Gasteiger partial charge in [0.15, 0.2) is 0 Å². The van der Waals surface area contributed by atoms with E-state index in [4.69, 9.17) is 11.6 Å². The van der Waals surface area contributed by atoms with Gasteiger partial charge in [0.25, 0.3) is 5.91 Å². The number of carbonyl (C=O) groups is 2. The average Bonchev–Trinajstić information content (AvgIpc) is 2.70. The zero-order valence-corrected chi connectivity index (χ0v) is 17.1. The van der Waals surface area contributed by atoms with Gasteiger partial charge in [-0.05, 0) is 67.6 Å². The van der Waals surface area contributed by atoms with Gasteiger partial charge in [-0.15, -0.1) is 0 Å². The lowest BCUT2D eigenvalue weighted by atomic mass is 9.98. The summed E-state index contributed by atoms with van der Waals surface area (Å²) >= 11 is 6.09. The van der Waals surface area contributed by atoms with Crippen LogP contribution in [0.5, 0.6) is 0 Å². The van der Waals surface area contributed by atoms with Crippen molar-refractivity contribution in [1.29, 1.82) is 0 Å². The molecule has 1 heterocycles. The number of hydrogen-bond acceptors (Lipinski definition) is 3. The molecule has 1 aliphatic heterocycles. The number of anilines is 2. The van der Waals surface area contributed by atoms with E-state index in [0.29, 0.717) is 22.2 Å². The van der Waals surface area contributed by atoms with Crippen LogP contribution >= 0.6 is 11.6 Å². The number of piperidine rings is 1. The minimum absolute atomic E-state index is 0.0582. The smallest absolute Gasteiger partial charge is 0.253 e. The lowest BCUT2D eigenvalue weighted by Gasteiger charge is -2.30. The fourth-order valence-electron chi connectivity index (χ4n) is 3.27. The highest BCUT2D eigenvalue weighted by Crippen LogP contribution is 2.23. The maximum absolute atomic E-state index is 12.6. The third kappa shape index (κ3) is 5.04. The van der Waals surface area contributed by atoms with Gasteiger partial charge >= 0.3 is 0 Å². The summed E-state index contributed by atoms with van der Waals surface area (Å²) in [7, 11) is 0.